The molecule has 0 aromatic rings. The van der Waals surface area contributed by atoms with Gasteiger partial charge in [-0.3, -0.25) is 4.79 Å². The number of amides is 1. The third-order valence-corrected chi connectivity index (χ3v) is 3.55. The summed E-state index contributed by atoms with van der Waals surface area (Å²) in [5, 5.41) is 6.00. The van der Waals surface area contributed by atoms with E-state index in [0.717, 1.165) is 5.71 Å². The van der Waals surface area contributed by atoms with Crippen molar-refractivity contribution in [1.29, 1.82) is 0 Å². The first-order valence-electron chi connectivity index (χ1n) is 6.22. The van der Waals surface area contributed by atoms with E-state index in [0.29, 0.717) is 12.8 Å². The van der Waals surface area contributed by atoms with E-state index >= 15 is 0 Å². The van der Waals surface area contributed by atoms with Gasteiger partial charge in [-0.05, 0) is 12.8 Å². The first kappa shape index (κ1) is 14.1. The lowest BCUT2D eigenvalue weighted by Crippen LogP contribution is -2.47. The molecule has 1 heterocycles. The van der Waals surface area contributed by atoms with Crippen molar-refractivity contribution in [3.63, 3.8) is 0 Å². The van der Waals surface area contributed by atoms with Crippen molar-refractivity contribution in [2.75, 3.05) is 0 Å². The maximum Gasteiger partial charge on any atom is 0.471 e. The highest BCUT2D eigenvalue weighted by Crippen LogP contribution is 2.40. The molecule has 19 heavy (non-hydrogen) atoms. The zero-order valence-electron chi connectivity index (χ0n) is 11.0. The minimum absolute atomic E-state index is 0.00136. The minimum atomic E-state index is -4.86. The lowest BCUT2D eigenvalue weighted by Gasteiger charge is -2.22. The number of alkyl halides is 3. The van der Waals surface area contributed by atoms with Crippen LogP contribution in [0.4, 0.5) is 13.2 Å². The summed E-state index contributed by atoms with van der Waals surface area (Å²) in [6.07, 6.45) is -4.17. The van der Waals surface area contributed by atoms with Gasteiger partial charge in [0.05, 0.1) is 11.8 Å². The van der Waals surface area contributed by atoms with E-state index in [1.807, 2.05) is 26.1 Å². The number of oxime groups is 1. The summed E-state index contributed by atoms with van der Waals surface area (Å²) in [6, 6.07) is -0.622. The minimum Gasteiger partial charge on any atom is -0.390 e. The quantitative estimate of drug-likeness (QED) is 0.799. The highest BCUT2D eigenvalue weighted by molar-refractivity contribution is 5.93. The number of halogens is 3. The predicted molar refractivity (Wildman–Crippen MR) is 62.5 cm³/mol. The maximum absolute atomic E-state index is 12.2. The van der Waals surface area contributed by atoms with E-state index < -0.39 is 24.2 Å². The lowest BCUT2D eigenvalue weighted by atomic mass is 9.81. The van der Waals surface area contributed by atoms with E-state index in [4.69, 9.17) is 4.84 Å². The van der Waals surface area contributed by atoms with Crippen molar-refractivity contribution in [2.45, 2.75) is 51.9 Å². The molecular weight excluding hydrogens is 261 g/mol. The summed E-state index contributed by atoms with van der Waals surface area (Å²) in [6.45, 7) is 5.96. The third kappa shape index (κ3) is 2.69. The molecule has 1 N–H and O–H groups in total. The molecule has 3 atom stereocenters. The molecule has 0 saturated heterocycles. The van der Waals surface area contributed by atoms with Crippen LogP contribution in [0.15, 0.2) is 5.16 Å². The van der Waals surface area contributed by atoms with Crippen LogP contribution in [-0.4, -0.2) is 29.9 Å². The Bertz CT molecular complexity index is 412. The van der Waals surface area contributed by atoms with Gasteiger partial charge in [0.15, 0.2) is 6.10 Å². The molecule has 7 heteroatoms. The Morgan fingerprint density at radius 2 is 1.95 bits per heavy atom. The summed E-state index contributed by atoms with van der Waals surface area (Å²) in [5.74, 6) is -1.91. The van der Waals surface area contributed by atoms with E-state index in [1.54, 1.807) is 0 Å². The fourth-order valence-corrected chi connectivity index (χ4v) is 2.69. The van der Waals surface area contributed by atoms with Crippen LogP contribution in [-0.2, 0) is 9.63 Å². The fraction of sp³-hybridized carbons (Fsp3) is 0.833. The van der Waals surface area contributed by atoms with Crippen LogP contribution in [0.3, 0.4) is 0 Å². The zero-order chi connectivity index (χ0) is 14.4. The number of carbonyl (C=O) groups excluding carboxylic acids is 1. The Balaban J connectivity index is 2.02. The van der Waals surface area contributed by atoms with Gasteiger partial charge in [0.25, 0.3) is 0 Å². The molecule has 0 aromatic carbocycles. The average Bonchev–Trinajstić information content (AvgIpc) is 2.77. The molecule has 4 nitrogen and oxygen atoms in total. The van der Waals surface area contributed by atoms with Gasteiger partial charge in [0.2, 0.25) is 0 Å². The second-order valence-corrected chi connectivity index (χ2v) is 6.06. The average molecular weight is 278 g/mol. The van der Waals surface area contributed by atoms with Crippen LogP contribution in [0.2, 0.25) is 0 Å². The predicted octanol–water partition coefficient (Wildman–Crippen LogP) is 2.24. The van der Waals surface area contributed by atoms with Crippen molar-refractivity contribution in [3.8, 4) is 0 Å². The molecule has 1 fully saturated rings. The Morgan fingerprint density at radius 1 is 1.32 bits per heavy atom. The van der Waals surface area contributed by atoms with Gasteiger partial charge < -0.3 is 10.2 Å². The van der Waals surface area contributed by atoms with Crippen LogP contribution in [0.1, 0.15) is 33.6 Å². The smallest absolute Gasteiger partial charge is 0.390 e. The second kappa shape index (κ2) is 4.38. The molecule has 0 bridgehead atoms. The summed E-state index contributed by atoms with van der Waals surface area (Å²) in [4.78, 5) is 16.2. The largest absolute Gasteiger partial charge is 0.471 e. The number of carbonyl (C=O) groups is 1. The SMILES string of the molecule is CC(C)(C)C1=NO[C@H]2[C@@H](NC(=O)C(F)(F)F)CC[C@@H]12. The molecule has 1 aliphatic carbocycles. The maximum atomic E-state index is 12.2. The Kier molecular flexibility index (Phi) is 3.26. The molecule has 1 amide bonds. The Labute approximate surface area is 109 Å². The van der Waals surface area contributed by atoms with Gasteiger partial charge in [0, 0.05) is 11.3 Å². The molecule has 0 unspecified atom stereocenters. The highest BCUT2D eigenvalue weighted by Gasteiger charge is 2.50. The van der Waals surface area contributed by atoms with Crippen molar-refractivity contribution in [2.24, 2.45) is 16.5 Å². The molecule has 2 rings (SSSR count). The van der Waals surface area contributed by atoms with E-state index in [2.05, 4.69) is 5.16 Å². The molecule has 0 radical (unpaired) electrons. The molecule has 0 spiro atoms. The summed E-state index contributed by atoms with van der Waals surface area (Å²) in [5.41, 5.74) is 0.684. The number of fused-ring (bicyclic) bond motifs is 1. The van der Waals surface area contributed by atoms with Gasteiger partial charge >= 0.3 is 12.1 Å². The van der Waals surface area contributed by atoms with E-state index in [-0.39, 0.29) is 11.3 Å². The van der Waals surface area contributed by atoms with E-state index in [9.17, 15) is 18.0 Å². The monoisotopic (exact) mass is 278 g/mol. The van der Waals surface area contributed by atoms with Gasteiger partial charge in [-0.15, -0.1) is 0 Å². The van der Waals surface area contributed by atoms with Crippen LogP contribution < -0.4 is 5.32 Å². The number of nitrogens with zero attached hydrogens (tertiary/aromatic N) is 1. The van der Waals surface area contributed by atoms with Crippen LogP contribution in [0, 0.1) is 11.3 Å². The molecular formula is C12H17F3N2O2. The molecule has 1 saturated carbocycles. The number of hydrogen-bond acceptors (Lipinski definition) is 3. The molecule has 2 aliphatic rings. The molecule has 108 valence electrons. The van der Waals surface area contributed by atoms with Gasteiger partial charge in [-0.25, -0.2) is 0 Å². The zero-order valence-corrected chi connectivity index (χ0v) is 11.0. The summed E-state index contributed by atoms with van der Waals surface area (Å²) in [7, 11) is 0. The van der Waals surface area contributed by atoms with Crippen molar-refractivity contribution in [3.05, 3.63) is 0 Å². The van der Waals surface area contributed by atoms with Crippen LogP contribution in [0.25, 0.3) is 0 Å². The van der Waals surface area contributed by atoms with Gasteiger partial charge in [-0.1, -0.05) is 25.9 Å². The number of rotatable bonds is 1. The highest BCUT2D eigenvalue weighted by atomic mass is 19.4. The van der Waals surface area contributed by atoms with Crippen LogP contribution >= 0.6 is 0 Å². The fourth-order valence-electron chi connectivity index (χ4n) is 2.69. The molecule has 1 aliphatic heterocycles. The van der Waals surface area contributed by atoms with Crippen molar-refractivity contribution < 1.29 is 22.8 Å². The summed E-state index contributed by atoms with van der Waals surface area (Å²) >= 11 is 0. The van der Waals surface area contributed by atoms with Crippen LogP contribution in [0.5, 0.6) is 0 Å². The Hall–Kier alpha value is -1.27. The van der Waals surface area contributed by atoms with Gasteiger partial charge in [-0.2, -0.15) is 13.2 Å². The number of hydrogen-bond donors (Lipinski definition) is 1. The lowest BCUT2D eigenvalue weighted by molar-refractivity contribution is -0.175. The van der Waals surface area contributed by atoms with Crippen molar-refractivity contribution in [1.82, 2.24) is 5.32 Å². The number of nitrogens with one attached hydrogen (secondary N) is 1. The second-order valence-electron chi connectivity index (χ2n) is 6.06. The van der Waals surface area contributed by atoms with Gasteiger partial charge in [0.1, 0.15) is 0 Å². The Morgan fingerprint density at radius 3 is 2.47 bits per heavy atom. The molecule has 0 aromatic heterocycles. The normalized spacial score (nSPS) is 30.6. The first-order valence-corrected chi connectivity index (χ1v) is 6.22. The first-order chi connectivity index (χ1) is 8.60. The van der Waals surface area contributed by atoms with Crippen molar-refractivity contribution >= 4 is 11.6 Å². The third-order valence-electron chi connectivity index (χ3n) is 3.55. The summed E-state index contributed by atoms with van der Waals surface area (Å²) < 4.78 is 36.7. The standard InChI is InChI=1S/C12H17F3N2O2/c1-11(2,3)9-6-4-5-7(8(6)19-17-9)16-10(18)12(13,14)15/h6-8H,4-5H2,1-3H3,(H,16,18)/t6-,7+,8-/m1/s1. The topological polar surface area (TPSA) is 50.7 Å². The van der Waals surface area contributed by atoms with E-state index in [1.165, 1.54) is 0 Å².